The van der Waals surface area contributed by atoms with Gasteiger partial charge in [0.15, 0.2) is 0 Å². The van der Waals surface area contributed by atoms with Gasteiger partial charge in [0.05, 0.1) is 34.3 Å². The molecule has 7 nitrogen and oxygen atoms in total. The van der Waals surface area contributed by atoms with Crippen LogP contribution < -0.4 is 11.2 Å². The summed E-state index contributed by atoms with van der Waals surface area (Å²) in [7, 11) is 0. The molecule has 32 heavy (non-hydrogen) atoms. The number of rotatable bonds is 4. The van der Waals surface area contributed by atoms with E-state index in [1.165, 1.54) is 6.20 Å². The van der Waals surface area contributed by atoms with Gasteiger partial charge in [0.1, 0.15) is 0 Å². The summed E-state index contributed by atoms with van der Waals surface area (Å²) in [5.41, 5.74) is 8.98. The number of hydrogen-bond acceptors (Lipinski definition) is 7. The summed E-state index contributed by atoms with van der Waals surface area (Å²) in [6, 6.07) is 3.97. The molecule has 6 N–H and O–H groups in total. The minimum Gasteiger partial charge on any atom is -0.398 e. The first-order valence-electron chi connectivity index (χ1n) is 9.75. The highest BCUT2D eigenvalue weighted by atomic mass is 19.4. The number of aromatic nitrogens is 2. The van der Waals surface area contributed by atoms with Crippen LogP contribution in [0, 0.1) is 5.41 Å². The van der Waals surface area contributed by atoms with Crippen LogP contribution in [0.15, 0.2) is 31.0 Å². The number of anilines is 1. The fourth-order valence-corrected chi connectivity index (χ4v) is 4.13. The Hall–Kier alpha value is -3.50. The summed E-state index contributed by atoms with van der Waals surface area (Å²) in [6.45, 7) is 3.60. The highest BCUT2D eigenvalue weighted by molar-refractivity contribution is 6.07. The predicted octanol–water partition coefficient (Wildman–Crippen LogP) is 3.69. The molecule has 166 valence electrons. The maximum atomic E-state index is 13.9. The topological polar surface area (TPSA) is 128 Å². The number of aliphatic hydroxyl groups is 1. The van der Waals surface area contributed by atoms with Crippen LogP contribution in [0.1, 0.15) is 34.4 Å². The summed E-state index contributed by atoms with van der Waals surface area (Å²) >= 11 is 0. The van der Waals surface area contributed by atoms with Gasteiger partial charge in [-0.05, 0) is 42.2 Å². The van der Waals surface area contributed by atoms with Crippen molar-refractivity contribution in [2.45, 2.75) is 31.5 Å². The van der Waals surface area contributed by atoms with Crippen molar-refractivity contribution in [3.8, 4) is 11.3 Å². The van der Waals surface area contributed by atoms with E-state index in [2.05, 4.69) is 16.5 Å². The summed E-state index contributed by atoms with van der Waals surface area (Å²) in [5, 5.41) is 27.2. The first-order valence-corrected chi connectivity index (χ1v) is 9.75. The molecule has 1 aromatic carbocycles. The summed E-state index contributed by atoms with van der Waals surface area (Å²) in [5.74, 6) is 0. The second-order valence-electron chi connectivity index (χ2n) is 7.63. The lowest BCUT2D eigenvalue weighted by molar-refractivity contribution is -0.136. The van der Waals surface area contributed by atoms with Gasteiger partial charge in [0, 0.05) is 41.0 Å². The quantitative estimate of drug-likeness (QED) is 0.238. The zero-order valence-corrected chi connectivity index (χ0v) is 16.8. The number of pyridine rings is 2. The maximum Gasteiger partial charge on any atom is 0.418 e. The van der Waals surface area contributed by atoms with Gasteiger partial charge in [-0.25, -0.2) is 4.98 Å². The average Bonchev–Trinajstić information content (AvgIpc) is 2.77. The molecule has 1 unspecified atom stereocenters. The van der Waals surface area contributed by atoms with E-state index in [1.807, 2.05) is 5.48 Å². The lowest BCUT2D eigenvalue weighted by atomic mass is 9.83. The minimum absolute atomic E-state index is 0.149. The third-order valence-corrected chi connectivity index (χ3v) is 5.65. The zero-order valence-electron chi connectivity index (χ0n) is 16.8. The molecule has 0 amide bonds. The number of nitrogens with zero attached hydrogens (tertiary/aromatic N) is 2. The van der Waals surface area contributed by atoms with Gasteiger partial charge in [-0.15, -0.1) is 0 Å². The largest absolute Gasteiger partial charge is 0.418 e. The molecule has 0 aliphatic heterocycles. The van der Waals surface area contributed by atoms with Crippen molar-refractivity contribution in [3.63, 3.8) is 0 Å². The monoisotopic (exact) mass is 443 g/mol. The molecule has 0 spiro atoms. The van der Waals surface area contributed by atoms with Crippen LogP contribution in [-0.2, 0) is 19.0 Å². The molecule has 3 aromatic rings. The van der Waals surface area contributed by atoms with Gasteiger partial charge >= 0.3 is 6.18 Å². The van der Waals surface area contributed by atoms with Crippen molar-refractivity contribution in [3.05, 3.63) is 58.9 Å². The van der Waals surface area contributed by atoms with Crippen LogP contribution in [0.3, 0.4) is 0 Å². The molecule has 0 saturated heterocycles. The lowest BCUT2D eigenvalue weighted by Gasteiger charge is -2.27. The first-order chi connectivity index (χ1) is 15.2. The van der Waals surface area contributed by atoms with E-state index < -0.39 is 17.8 Å². The molecule has 0 bridgehead atoms. The SMILES string of the molecule is C=C(NO)c1ccc(-c2nc3c(C(F)(F)F)cc(N)c(C=N)c3c3c2CC(O)CC3)cn1. The van der Waals surface area contributed by atoms with E-state index in [1.54, 1.807) is 12.1 Å². The fraction of sp³-hybridized carbons (Fsp3) is 0.227. The molecule has 0 radical (unpaired) electrons. The molecule has 0 fully saturated rings. The minimum atomic E-state index is -4.70. The van der Waals surface area contributed by atoms with Crippen LogP contribution >= 0.6 is 0 Å². The van der Waals surface area contributed by atoms with Gasteiger partial charge in [-0.3, -0.25) is 15.7 Å². The fourth-order valence-electron chi connectivity index (χ4n) is 4.13. The Labute approximate surface area is 180 Å². The van der Waals surface area contributed by atoms with E-state index in [-0.39, 0.29) is 40.0 Å². The Morgan fingerprint density at radius 2 is 2.06 bits per heavy atom. The Kier molecular flexibility index (Phi) is 5.35. The number of hydroxylamine groups is 1. The van der Waals surface area contributed by atoms with E-state index >= 15 is 0 Å². The highest BCUT2D eigenvalue weighted by Crippen LogP contribution is 2.43. The molecule has 0 saturated carbocycles. The van der Waals surface area contributed by atoms with Crippen LogP contribution in [0.5, 0.6) is 0 Å². The van der Waals surface area contributed by atoms with Gasteiger partial charge in [-0.2, -0.15) is 13.2 Å². The molecule has 1 aliphatic rings. The number of aliphatic hydroxyl groups excluding tert-OH is 1. The Morgan fingerprint density at radius 1 is 1.31 bits per heavy atom. The second kappa shape index (κ2) is 7.88. The third-order valence-electron chi connectivity index (χ3n) is 5.65. The molecule has 4 rings (SSSR count). The standard InChI is InChI=1S/C22H20F3N5O2/c1-10(30-32)18-5-2-11(9-28-18)20-14-6-12(31)3-4-13(14)19-15(8-26)17(27)7-16(21(19)29-20)22(23,24)25/h2,5,7-9,12,26,30-32H,1,3-4,6,27H2. The van der Waals surface area contributed by atoms with Gasteiger partial charge in [0.25, 0.3) is 0 Å². The molecular weight excluding hydrogens is 423 g/mol. The van der Waals surface area contributed by atoms with Gasteiger partial charge in [-0.1, -0.05) is 6.58 Å². The lowest BCUT2D eigenvalue weighted by Crippen LogP contribution is -2.22. The van der Waals surface area contributed by atoms with E-state index in [0.29, 0.717) is 35.2 Å². The summed E-state index contributed by atoms with van der Waals surface area (Å²) < 4.78 is 41.7. The number of halogens is 3. The van der Waals surface area contributed by atoms with Crippen LogP contribution in [-0.4, -0.2) is 32.6 Å². The first kappa shape index (κ1) is 21.7. The molecule has 2 heterocycles. The summed E-state index contributed by atoms with van der Waals surface area (Å²) in [6.07, 6.45) is -2.11. The van der Waals surface area contributed by atoms with Crippen molar-refractivity contribution in [1.29, 1.82) is 5.41 Å². The van der Waals surface area contributed by atoms with Crippen molar-refractivity contribution in [2.24, 2.45) is 0 Å². The second-order valence-corrected chi connectivity index (χ2v) is 7.63. The third kappa shape index (κ3) is 3.57. The number of hydrogen-bond donors (Lipinski definition) is 5. The van der Waals surface area contributed by atoms with Crippen LogP contribution in [0.2, 0.25) is 0 Å². The van der Waals surface area contributed by atoms with Gasteiger partial charge < -0.3 is 16.2 Å². The molecule has 10 heteroatoms. The van der Waals surface area contributed by atoms with Crippen LogP contribution in [0.4, 0.5) is 18.9 Å². The number of nitrogens with one attached hydrogen (secondary N) is 2. The van der Waals surface area contributed by atoms with E-state index in [9.17, 15) is 18.3 Å². The Balaban J connectivity index is 2.08. The van der Waals surface area contributed by atoms with Gasteiger partial charge in [0.2, 0.25) is 0 Å². The number of benzene rings is 1. The summed E-state index contributed by atoms with van der Waals surface area (Å²) in [4.78, 5) is 8.58. The Morgan fingerprint density at radius 3 is 2.66 bits per heavy atom. The zero-order chi connectivity index (χ0) is 23.2. The van der Waals surface area contributed by atoms with E-state index in [0.717, 1.165) is 12.3 Å². The maximum absolute atomic E-state index is 13.9. The molecular formula is C22H20F3N5O2. The number of alkyl halides is 3. The number of nitrogens with two attached hydrogens (primary N) is 1. The molecule has 2 aromatic heterocycles. The van der Waals surface area contributed by atoms with Crippen molar-refractivity contribution in [1.82, 2.24) is 15.4 Å². The van der Waals surface area contributed by atoms with Crippen molar-refractivity contribution >= 4 is 28.5 Å². The predicted molar refractivity (Wildman–Crippen MR) is 114 cm³/mol. The Bertz CT molecular complexity index is 1240. The van der Waals surface area contributed by atoms with Crippen molar-refractivity contribution < 1.29 is 23.5 Å². The number of fused-ring (bicyclic) bond motifs is 3. The van der Waals surface area contributed by atoms with Crippen LogP contribution in [0.25, 0.3) is 27.9 Å². The normalized spacial score (nSPS) is 16.0. The molecule has 1 aliphatic carbocycles. The smallest absolute Gasteiger partial charge is 0.398 e. The van der Waals surface area contributed by atoms with Crippen molar-refractivity contribution in [2.75, 3.05) is 5.73 Å². The average molecular weight is 443 g/mol. The number of aryl methyl sites for hydroxylation is 1. The highest BCUT2D eigenvalue weighted by Gasteiger charge is 2.36. The van der Waals surface area contributed by atoms with E-state index in [4.69, 9.17) is 16.4 Å². The number of nitrogen functional groups attached to an aromatic ring is 1. The molecule has 1 atom stereocenters.